The van der Waals surface area contributed by atoms with Crippen molar-refractivity contribution in [2.45, 2.75) is 118 Å². The Kier molecular flexibility index (Phi) is 6.04. The second-order valence-electron chi connectivity index (χ2n) is 12.6. The van der Waals surface area contributed by atoms with Crippen LogP contribution in [0.3, 0.4) is 0 Å². The summed E-state index contributed by atoms with van der Waals surface area (Å²) in [6, 6.07) is 0. The normalized spacial score (nSPS) is 45.7. The fourth-order valence-electron chi connectivity index (χ4n) is 8.93. The molecule has 0 aromatic heterocycles. The van der Waals surface area contributed by atoms with Crippen molar-refractivity contribution in [2.24, 2.45) is 46.3 Å². The van der Waals surface area contributed by atoms with E-state index >= 15 is 0 Å². The Hall–Kier alpha value is -0.300. The zero-order valence-electron chi connectivity index (χ0n) is 20.3. The largest absolute Gasteiger partial charge is 0.393 e. The lowest BCUT2D eigenvalue weighted by Crippen LogP contribution is -2.49. The Labute approximate surface area is 181 Å². The molecule has 0 unspecified atom stereocenters. The van der Waals surface area contributed by atoms with Crippen molar-refractivity contribution < 1.29 is 5.11 Å². The monoisotopic (exact) mass is 400 g/mol. The maximum atomic E-state index is 10.5. The van der Waals surface area contributed by atoms with Gasteiger partial charge in [0, 0.05) is 0 Å². The van der Waals surface area contributed by atoms with Crippen LogP contribution in [0.25, 0.3) is 0 Å². The number of allylic oxidation sites excluding steroid dienone is 2. The van der Waals surface area contributed by atoms with Crippen LogP contribution in [-0.4, -0.2) is 11.2 Å². The van der Waals surface area contributed by atoms with Crippen molar-refractivity contribution in [3.05, 3.63) is 11.1 Å². The van der Waals surface area contributed by atoms with E-state index < -0.39 is 0 Å². The molecule has 0 heterocycles. The number of aliphatic hydroxyl groups excluding tert-OH is 1. The van der Waals surface area contributed by atoms with Crippen LogP contribution >= 0.6 is 0 Å². The van der Waals surface area contributed by atoms with Crippen molar-refractivity contribution in [1.82, 2.24) is 0 Å². The van der Waals surface area contributed by atoms with Crippen LogP contribution in [-0.2, 0) is 0 Å². The number of hydrogen-bond acceptors (Lipinski definition) is 1. The summed E-state index contributed by atoms with van der Waals surface area (Å²) in [4.78, 5) is 0. The maximum absolute atomic E-state index is 10.5. The van der Waals surface area contributed by atoms with E-state index in [0.717, 1.165) is 30.1 Å². The Morgan fingerprint density at radius 2 is 1.72 bits per heavy atom. The minimum absolute atomic E-state index is 0.0633. The van der Waals surface area contributed by atoms with Gasteiger partial charge >= 0.3 is 0 Å². The Bertz CT molecular complexity index is 632. The molecule has 4 rings (SSSR count). The van der Waals surface area contributed by atoms with E-state index in [1.54, 1.807) is 0 Å². The molecule has 1 nitrogen and oxygen atoms in total. The van der Waals surface area contributed by atoms with Crippen LogP contribution in [0, 0.1) is 46.3 Å². The van der Waals surface area contributed by atoms with Gasteiger partial charge in [-0.15, -0.1) is 0 Å². The molecule has 0 aromatic rings. The van der Waals surface area contributed by atoms with Crippen LogP contribution < -0.4 is 0 Å². The summed E-state index contributed by atoms with van der Waals surface area (Å²) in [7, 11) is 0. The third-order valence-electron chi connectivity index (χ3n) is 10.7. The Morgan fingerprint density at radius 1 is 0.966 bits per heavy atom. The van der Waals surface area contributed by atoms with Gasteiger partial charge in [0.05, 0.1) is 6.10 Å². The SMILES string of the molecule is CC(C)CCC[C@@H](C)[C@H]1CC[C@H]2C3=C(CC[C@]12C)[C@@]1(C)CC[C@H](O)[C@@H](C)[C@@H]1CC3. The molecule has 0 spiro atoms. The molecule has 1 N–H and O–H groups in total. The van der Waals surface area contributed by atoms with Gasteiger partial charge in [0.15, 0.2) is 0 Å². The lowest BCUT2D eigenvalue weighted by Gasteiger charge is -2.56. The van der Waals surface area contributed by atoms with Gasteiger partial charge in [-0.3, -0.25) is 0 Å². The molecule has 4 aliphatic rings. The fraction of sp³-hybridized carbons (Fsp3) is 0.929. The van der Waals surface area contributed by atoms with E-state index in [-0.39, 0.29) is 6.10 Å². The maximum Gasteiger partial charge on any atom is 0.0569 e. The fourth-order valence-corrected chi connectivity index (χ4v) is 8.93. The van der Waals surface area contributed by atoms with Crippen molar-refractivity contribution in [2.75, 3.05) is 0 Å². The highest BCUT2D eigenvalue weighted by Gasteiger charge is 2.56. The van der Waals surface area contributed by atoms with Gasteiger partial charge in [-0.05, 0) is 97.7 Å². The van der Waals surface area contributed by atoms with Crippen molar-refractivity contribution in [3.63, 3.8) is 0 Å². The average Bonchev–Trinajstić information content (AvgIpc) is 3.02. The number of aliphatic hydroxyl groups is 1. The highest BCUT2D eigenvalue weighted by molar-refractivity contribution is 5.34. The first-order valence-corrected chi connectivity index (χ1v) is 13.1. The molecule has 0 saturated heterocycles. The quantitative estimate of drug-likeness (QED) is 0.467. The van der Waals surface area contributed by atoms with Crippen LogP contribution in [0.2, 0.25) is 0 Å². The van der Waals surface area contributed by atoms with Gasteiger partial charge in [-0.25, -0.2) is 0 Å². The minimum atomic E-state index is -0.0633. The van der Waals surface area contributed by atoms with Crippen molar-refractivity contribution >= 4 is 0 Å². The number of hydrogen-bond donors (Lipinski definition) is 1. The summed E-state index contributed by atoms with van der Waals surface area (Å²) in [5.74, 6) is 4.73. The van der Waals surface area contributed by atoms with Crippen LogP contribution in [0.15, 0.2) is 11.1 Å². The molecule has 4 aliphatic carbocycles. The molecule has 29 heavy (non-hydrogen) atoms. The summed E-state index contributed by atoms with van der Waals surface area (Å²) in [5.41, 5.74) is 4.73. The van der Waals surface area contributed by atoms with Gasteiger partial charge in [-0.2, -0.15) is 0 Å². The standard InChI is InChI=1S/C28H48O/c1-18(2)8-7-9-19(3)22-12-13-24-21-10-11-23-20(4)26(29)15-17-28(23,6)25(21)14-16-27(22,24)5/h18-20,22-24,26,29H,7-17H2,1-6H3/t19-,20+,22-,23+,24+,26+,27-,28+/m1/s1. The van der Waals surface area contributed by atoms with Crippen molar-refractivity contribution in [3.8, 4) is 0 Å². The molecule has 8 atom stereocenters. The summed E-state index contributed by atoms with van der Waals surface area (Å²) in [6.45, 7) is 14.9. The molecule has 2 saturated carbocycles. The minimum Gasteiger partial charge on any atom is -0.393 e. The van der Waals surface area contributed by atoms with E-state index in [0.29, 0.717) is 22.7 Å². The predicted octanol–water partition coefficient (Wildman–Crippen LogP) is 7.78. The van der Waals surface area contributed by atoms with E-state index in [2.05, 4.69) is 41.5 Å². The first-order valence-electron chi connectivity index (χ1n) is 13.1. The lowest BCUT2D eigenvalue weighted by molar-refractivity contribution is -0.0336. The lowest BCUT2D eigenvalue weighted by atomic mass is 9.49. The van der Waals surface area contributed by atoms with E-state index in [4.69, 9.17) is 0 Å². The molecule has 0 radical (unpaired) electrons. The van der Waals surface area contributed by atoms with Gasteiger partial charge in [0.2, 0.25) is 0 Å². The van der Waals surface area contributed by atoms with Gasteiger partial charge in [-0.1, -0.05) is 72.0 Å². The Balaban J connectivity index is 1.54. The smallest absolute Gasteiger partial charge is 0.0569 e. The Morgan fingerprint density at radius 3 is 2.45 bits per heavy atom. The highest BCUT2D eigenvalue weighted by atomic mass is 16.3. The predicted molar refractivity (Wildman–Crippen MR) is 124 cm³/mol. The molecular weight excluding hydrogens is 352 g/mol. The van der Waals surface area contributed by atoms with Gasteiger partial charge in [0.1, 0.15) is 0 Å². The zero-order valence-corrected chi connectivity index (χ0v) is 20.3. The van der Waals surface area contributed by atoms with E-state index in [9.17, 15) is 5.11 Å². The molecular formula is C28H48O. The van der Waals surface area contributed by atoms with Crippen LogP contribution in [0.1, 0.15) is 112 Å². The highest BCUT2D eigenvalue weighted by Crippen LogP contribution is 2.66. The first-order chi connectivity index (χ1) is 13.7. The molecule has 0 bridgehead atoms. The molecule has 0 aromatic carbocycles. The zero-order chi connectivity index (χ0) is 21.0. The molecule has 2 fully saturated rings. The average molecular weight is 401 g/mol. The summed E-state index contributed by atoms with van der Waals surface area (Å²) in [6.07, 6.45) is 14.8. The van der Waals surface area contributed by atoms with Gasteiger partial charge < -0.3 is 5.11 Å². The second kappa shape index (κ2) is 7.99. The topological polar surface area (TPSA) is 20.2 Å². The number of fused-ring (bicyclic) bond motifs is 4. The van der Waals surface area contributed by atoms with E-state index in [1.807, 2.05) is 11.1 Å². The molecule has 166 valence electrons. The third-order valence-corrected chi connectivity index (χ3v) is 10.7. The molecule has 0 aliphatic heterocycles. The van der Waals surface area contributed by atoms with Crippen molar-refractivity contribution in [1.29, 1.82) is 0 Å². The van der Waals surface area contributed by atoms with E-state index in [1.165, 1.54) is 64.2 Å². The number of rotatable bonds is 5. The van der Waals surface area contributed by atoms with Crippen LogP contribution in [0.5, 0.6) is 0 Å². The molecule has 0 amide bonds. The second-order valence-corrected chi connectivity index (χ2v) is 12.6. The summed E-state index contributed by atoms with van der Waals surface area (Å²) >= 11 is 0. The summed E-state index contributed by atoms with van der Waals surface area (Å²) < 4.78 is 0. The van der Waals surface area contributed by atoms with Gasteiger partial charge in [0.25, 0.3) is 0 Å². The summed E-state index contributed by atoms with van der Waals surface area (Å²) in [5, 5.41) is 10.5. The third kappa shape index (κ3) is 3.56. The van der Waals surface area contributed by atoms with Crippen LogP contribution in [0.4, 0.5) is 0 Å². The first kappa shape index (κ1) is 21.9. The molecule has 1 heteroatoms.